The van der Waals surface area contributed by atoms with Crippen molar-refractivity contribution in [3.8, 4) is 22.6 Å². The summed E-state index contributed by atoms with van der Waals surface area (Å²) < 4.78 is 40.8. The van der Waals surface area contributed by atoms with Crippen LogP contribution in [-0.2, 0) is 10.0 Å². The van der Waals surface area contributed by atoms with Gasteiger partial charge in [-0.05, 0) is 42.8 Å². The van der Waals surface area contributed by atoms with Crippen LogP contribution in [0.2, 0.25) is 0 Å². The van der Waals surface area contributed by atoms with E-state index in [1.54, 1.807) is 45.3 Å². The molecule has 1 aliphatic heterocycles. The number of hydrogen-bond acceptors (Lipinski definition) is 6. The summed E-state index contributed by atoms with van der Waals surface area (Å²) in [6.45, 7) is 3.56. The summed E-state index contributed by atoms with van der Waals surface area (Å²) in [5.41, 5.74) is 2.18. The largest absolute Gasteiger partial charge is 0.496 e. The number of carbonyl (C=O) groups excluding carboxylic acids is 1. The lowest BCUT2D eigenvalue weighted by Gasteiger charge is -2.37. The summed E-state index contributed by atoms with van der Waals surface area (Å²) in [4.78, 5) is 14.5. The summed E-state index contributed by atoms with van der Waals surface area (Å²) in [5, 5.41) is 12.7. The van der Waals surface area contributed by atoms with Crippen LogP contribution in [0.1, 0.15) is 13.8 Å². The number of nitrogens with one attached hydrogen (secondary N) is 1. The van der Waals surface area contributed by atoms with Crippen molar-refractivity contribution in [2.24, 2.45) is 5.92 Å². The molecular weight excluding hydrogens is 518 g/mol. The first-order valence-electron chi connectivity index (χ1n) is 12.8. The molecular formula is C29H35N3O6S. The van der Waals surface area contributed by atoms with Gasteiger partial charge in [0, 0.05) is 36.8 Å². The minimum Gasteiger partial charge on any atom is -0.496 e. The van der Waals surface area contributed by atoms with Gasteiger partial charge in [-0.3, -0.25) is 0 Å². The molecule has 3 aromatic carbocycles. The standard InChI is InChI=1S/C29H35N3O6S/c1-20-17-32(21(2)19-33)39(35,36)28-15-14-22(24-12-8-9-13-25(24)37-4)16-26(28)38-27(20)18-31(3)29(34)30-23-10-6-5-7-11-23/h5-16,20-21,27,33H,17-19H2,1-4H3,(H,30,34)/t20-,21+,27-/m0/s1. The number of likely N-dealkylation sites (N-methyl/N-ethyl adjacent to an activating group) is 1. The van der Waals surface area contributed by atoms with E-state index in [9.17, 15) is 18.3 Å². The Kier molecular flexibility index (Phi) is 8.79. The first kappa shape index (κ1) is 28.4. The molecule has 39 heavy (non-hydrogen) atoms. The third-order valence-corrected chi connectivity index (χ3v) is 8.93. The van der Waals surface area contributed by atoms with Crippen LogP contribution < -0.4 is 14.8 Å². The van der Waals surface area contributed by atoms with Gasteiger partial charge in [-0.25, -0.2) is 13.2 Å². The monoisotopic (exact) mass is 553 g/mol. The van der Waals surface area contributed by atoms with Crippen molar-refractivity contribution in [3.05, 3.63) is 72.8 Å². The Balaban J connectivity index is 1.72. The second kappa shape index (κ2) is 12.1. The third-order valence-electron chi connectivity index (χ3n) is 6.91. The Hall–Kier alpha value is -3.60. The fourth-order valence-corrected chi connectivity index (χ4v) is 6.41. The quantitative estimate of drug-likeness (QED) is 0.452. The number of para-hydroxylation sites is 2. The number of methoxy groups -OCH3 is 1. The lowest BCUT2D eigenvalue weighted by atomic mass is 10.0. The number of urea groups is 1. The van der Waals surface area contributed by atoms with E-state index in [1.165, 1.54) is 15.3 Å². The molecule has 1 heterocycles. The summed E-state index contributed by atoms with van der Waals surface area (Å²) in [6.07, 6.45) is -0.535. The lowest BCUT2D eigenvalue weighted by Crippen LogP contribution is -2.50. The van der Waals surface area contributed by atoms with Gasteiger partial charge in [-0.2, -0.15) is 4.31 Å². The number of aliphatic hydroxyl groups excluding tert-OH is 1. The minimum atomic E-state index is -3.99. The molecule has 0 spiro atoms. The zero-order valence-corrected chi connectivity index (χ0v) is 23.4. The Bertz CT molecular complexity index is 1400. The number of fused-ring (bicyclic) bond motifs is 1. The maximum absolute atomic E-state index is 13.8. The molecule has 0 aromatic heterocycles. The highest BCUT2D eigenvalue weighted by molar-refractivity contribution is 7.89. The van der Waals surface area contributed by atoms with Crippen LogP contribution >= 0.6 is 0 Å². The summed E-state index contributed by atoms with van der Waals surface area (Å²) in [7, 11) is -0.737. The maximum Gasteiger partial charge on any atom is 0.321 e. The molecule has 1 aliphatic rings. The van der Waals surface area contributed by atoms with E-state index in [4.69, 9.17) is 9.47 Å². The zero-order chi connectivity index (χ0) is 28.2. The number of nitrogens with zero attached hydrogens (tertiary/aromatic N) is 2. The van der Waals surface area contributed by atoms with Gasteiger partial charge in [0.1, 0.15) is 22.5 Å². The molecule has 2 amide bonds. The topological polar surface area (TPSA) is 108 Å². The molecule has 9 nitrogen and oxygen atoms in total. The number of aliphatic hydroxyl groups is 1. The summed E-state index contributed by atoms with van der Waals surface area (Å²) >= 11 is 0. The Morgan fingerprint density at radius 1 is 1.15 bits per heavy atom. The highest BCUT2D eigenvalue weighted by Gasteiger charge is 2.38. The normalized spacial score (nSPS) is 19.5. The van der Waals surface area contributed by atoms with Crippen molar-refractivity contribution in [2.75, 3.05) is 39.2 Å². The highest BCUT2D eigenvalue weighted by Crippen LogP contribution is 2.38. The molecule has 0 saturated carbocycles. The SMILES string of the molecule is COc1ccccc1-c1ccc2c(c1)O[C@@H](CN(C)C(=O)Nc1ccccc1)[C@@H](C)CN([C@H](C)CO)S2(=O)=O. The minimum absolute atomic E-state index is 0.00902. The van der Waals surface area contributed by atoms with Crippen LogP contribution in [0.15, 0.2) is 77.7 Å². The number of ether oxygens (including phenoxy) is 2. The predicted molar refractivity (Wildman–Crippen MR) is 151 cm³/mol. The second-order valence-electron chi connectivity index (χ2n) is 9.78. The number of amides is 2. The van der Waals surface area contributed by atoms with E-state index in [2.05, 4.69) is 5.32 Å². The van der Waals surface area contributed by atoms with Crippen molar-refractivity contribution >= 4 is 21.7 Å². The number of carbonyl (C=O) groups is 1. The van der Waals surface area contributed by atoms with E-state index in [-0.39, 0.29) is 42.3 Å². The van der Waals surface area contributed by atoms with Crippen molar-refractivity contribution in [1.29, 1.82) is 0 Å². The highest BCUT2D eigenvalue weighted by atomic mass is 32.2. The van der Waals surface area contributed by atoms with E-state index >= 15 is 0 Å². The molecule has 2 N–H and O–H groups in total. The number of sulfonamides is 1. The van der Waals surface area contributed by atoms with Gasteiger partial charge in [-0.15, -0.1) is 0 Å². The van der Waals surface area contributed by atoms with Crippen molar-refractivity contribution < 1.29 is 27.8 Å². The zero-order valence-electron chi connectivity index (χ0n) is 22.6. The number of benzene rings is 3. The van der Waals surface area contributed by atoms with Crippen molar-refractivity contribution in [1.82, 2.24) is 9.21 Å². The van der Waals surface area contributed by atoms with Crippen LogP contribution in [0.4, 0.5) is 10.5 Å². The van der Waals surface area contributed by atoms with Gasteiger partial charge in [0.15, 0.2) is 0 Å². The molecule has 0 aliphatic carbocycles. The van der Waals surface area contributed by atoms with Crippen molar-refractivity contribution in [2.45, 2.75) is 30.9 Å². The molecule has 4 rings (SSSR count). The lowest BCUT2D eigenvalue weighted by molar-refractivity contribution is 0.0830. The van der Waals surface area contributed by atoms with Crippen LogP contribution in [0.25, 0.3) is 11.1 Å². The number of anilines is 1. The smallest absolute Gasteiger partial charge is 0.321 e. The van der Waals surface area contributed by atoms with E-state index < -0.39 is 22.2 Å². The maximum atomic E-state index is 13.8. The molecule has 0 bridgehead atoms. The summed E-state index contributed by atoms with van der Waals surface area (Å²) in [5.74, 6) is 0.523. The van der Waals surface area contributed by atoms with E-state index in [0.717, 1.165) is 11.1 Å². The molecule has 10 heteroatoms. The van der Waals surface area contributed by atoms with Crippen LogP contribution in [0.3, 0.4) is 0 Å². The number of hydrogen-bond donors (Lipinski definition) is 2. The van der Waals surface area contributed by atoms with Gasteiger partial charge in [0.25, 0.3) is 0 Å². The molecule has 0 radical (unpaired) electrons. The molecule has 0 saturated heterocycles. The van der Waals surface area contributed by atoms with Gasteiger partial charge in [0.05, 0.1) is 20.3 Å². The summed E-state index contributed by atoms with van der Waals surface area (Å²) in [6, 6.07) is 20.6. The Morgan fingerprint density at radius 2 is 1.85 bits per heavy atom. The average Bonchev–Trinajstić information content (AvgIpc) is 2.94. The van der Waals surface area contributed by atoms with Crippen molar-refractivity contribution in [3.63, 3.8) is 0 Å². The first-order valence-corrected chi connectivity index (χ1v) is 14.2. The van der Waals surface area contributed by atoms with E-state index in [1.807, 2.05) is 49.4 Å². The van der Waals surface area contributed by atoms with E-state index in [0.29, 0.717) is 11.4 Å². The predicted octanol–water partition coefficient (Wildman–Crippen LogP) is 4.29. The second-order valence-corrected chi connectivity index (χ2v) is 11.6. The van der Waals surface area contributed by atoms with Crippen LogP contribution in [0, 0.1) is 5.92 Å². The fourth-order valence-electron chi connectivity index (χ4n) is 4.59. The van der Waals surface area contributed by atoms with Gasteiger partial charge in [0.2, 0.25) is 10.0 Å². The first-order chi connectivity index (χ1) is 18.6. The molecule has 208 valence electrons. The fraction of sp³-hybridized carbons (Fsp3) is 0.345. The third kappa shape index (κ3) is 6.19. The van der Waals surface area contributed by atoms with Gasteiger partial charge < -0.3 is 24.8 Å². The van der Waals surface area contributed by atoms with Crippen LogP contribution in [0.5, 0.6) is 11.5 Å². The van der Waals surface area contributed by atoms with Crippen LogP contribution in [-0.4, -0.2) is 74.8 Å². The average molecular weight is 554 g/mol. The van der Waals surface area contributed by atoms with Gasteiger partial charge >= 0.3 is 6.03 Å². The Labute approximate surface area is 230 Å². The number of rotatable bonds is 7. The molecule has 3 atom stereocenters. The molecule has 0 unspecified atom stereocenters. The molecule has 3 aromatic rings. The Morgan fingerprint density at radius 3 is 2.54 bits per heavy atom. The van der Waals surface area contributed by atoms with Gasteiger partial charge in [-0.1, -0.05) is 49.4 Å². The molecule has 0 fully saturated rings.